The summed E-state index contributed by atoms with van der Waals surface area (Å²) in [5, 5.41) is 0. The zero-order chi connectivity index (χ0) is 14.8. The number of halogens is 1. The molecule has 1 unspecified atom stereocenters. The summed E-state index contributed by atoms with van der Waals surface area (Å²) in [7, 11) is -2.48. The second-order valence-corrected chi connectivity index (χ2v) is 7.53. The van der Waals surface area contributed by atoms with Crippen molar-refractivity contribution < 1.29 is 17.5 Å². The van der Waals surface area contributed by atoms with E-state index in [1.807, 2.05) is 11.8 Å². The van der Waals surface area contributed by atoms with Crippen LogP contribution in [0.4, 0.5) is 10.1 Å². The fourth-order valence-electron chi connectivity index (χ4n) is 2.01. The third kappa shape index (κ3) is 3.36. The van der Waals surface area contributed by atoms with Crippen molar-refractivity contribution in [3.63, 3.8) is 0 Å². The van der Waals surface area contributed by atoms with Gasteiger partial charge >= 0.3 is 0 Å². The van der Waals surface area contributed by atoms with Crippen LogP contribution in [-0.4, -0.2) is 33.6 Å². The molecule has 0 radical (unpaired) electrons. The summed E-state index contributed by atoms with van der Waals surface area (Å²) in [6, 6.07) is 2.12. The van der Waals surface area contributed by atoms with Crippen LogP contribution < -0.4 is 15.2 Å². The molecule has 0 aromatic heterocycles. The fraction of sp³-hybridized carbons (Fsp3) is 0.500. The second kappa shape index (κ2) is 6.19. The summed E-state index contributed by atoms with van der Waals surface area (Å²) in [5.74, 6) is 1.40. The number of benzene rings is 1. The lowest BCUT2D eigenvalue weighted by atomic mass is 10.1. The average molecular weight is 320 g/mol. The van der Waals surface area contributed by atoms with Crippen molar-refractivity contribution in [3.8, 4) is 5.75 Å². The number of rotatable bonds is 5. The van der Waals surface area contributed by atoms with Crippen LogP contribution in [0.3, 0.4) is 0 Å². The fourth-order valence-corrected chi connectivity index (χ4v) is 4.46. The number of ether oxygens (including phenoxy) is 1. The van der Waals surface area contributed by atoms with Gasteiger partial charge in [-0.3, -0.25) is 0 Å². The quantitative estimate of drug-likeness (QED) is 0.803. The van der Waals surface area contributed by atoms with Gasteiger partial charge in [-0.25, -0.2) is 17.5 Å². The smallest absolute Gasteiger partial charge is 0.240 e. The highest BCUT2D eigenvalue weighted by Crippen LogP contribution is 2.29. The van der Waals surface area contributed by atoms with Crippen molar-refractivity contribution in [2.45, 2.75) is 11.3 Å². The van der Waals surface area contributed by atoms with Gasteiger partial charge in [-0.1, -0.05) is 0 Å². The van der Waals surface area contributed by atoms with E-state index in [-0.39, 0.29) is 16.3 Å². The van der Waals surface area contributed by atoms with E-state index in [2.05, 4.69) is 4.72 Å². The lowest BCUT2D eigenvalue weighted by molar-refractivity contribution is 0.388. The number of sulfonamides is 1. The van der Waals surface area contributed by atoms with Crippen molar-refractivity contribution in [2.75, 3.05) is 30.9 Å². The van der Waals surface area contributed by atoms with Crippen LogP contribution in [0.1, 0.15) is 6.42 Å². The molecule has 1 aliphatic rings. The number of nitrogens with one attached hydrogen (secondary N) is 1. The Labute approximate surface area is 122 Å². The molecule has 20 heavy (non-hydrogen) atoms. The molecule has 3 N–H and O–H groups in total. The number of thioether (sulfide) groups is 1. The van der Waals surface area contributed by atoms with Crippen molar-refractivity contribution >= 4 is 27.5 Å². The highest BCUT2D eigenvalue weighted by molar-refractivity contribution is 7.99. The molecule has 1 aliphatic heterocycles. The maximum atomic E-state index is 13.7. The highest BCUT2D eigenvalue weighted by Gasteiger charge is 2.22. The molecule has 5 nitrogen and oxygen atoms in total. The van der Waals surface area contributed by atoms with Crippen LogP contribution in [0.2, 0.25) is 0 Å². The Morgan fingerprint density at radius 2 is 2.30 bits per heavy atom. The van der Waals surface area contributed by atoms with Crippen molar-refractivity contribution in [2.24, 2.45) is 5.92 Å². The Kier molecular flexibility index (Phi) is 4.77. The lowest BCUT2D eigenvalue weighted by Crippen LogP contribution is -2.29. The Balaban J connectivity index is 2.16. The Morgan fingerprint density at radius 1 is 1.55 bits per heavy atom. The van der Waals surface area contributed by atoms with Gasteiger partial charge in [-0.15, -0.1) is 0 Å². The van der Waals surface area contributed by atoms with E-state index in [1.165, 1.54) is 13.2 Å². The number of nitrogen functional groups attached to an aromatic ring is 1. The van der Waals surface area contributed by atoms with Crippen molar-refractivity contribution in [1.29, 1.82) is 0 Å². The van der Waals surface area contributed by atoms with Gasteiger partial charge in [0.05, 0.1) is 17.7 Å². The second-order valence-electron chi connectivity index (χ2n) is 4.61. The molecule has 1 aromatic rings. The first-order chi connectivity index (χ1) is 9.44. The number of methoxy groups -OCH3 is 1. The monoisotopic (exact) mass is 320 g/mol. The summed E-state index contributed by atoms with van der Waals surface area (Å²) in [4.78, 5) is -0.182. The zero-order valence-corrected chi connectivity index (χ0v) is 12.7. The first-order valence-electron chi connectivity index (χ1n) is 6.14. The Morgan fingerprint density at radius 3 is 2.85 bits per heavy atom. The molecule has 1 atom stereocenters. The predicted molar refractivity (Wildman–Crippen MR) is 78.0 cm³/mol. The van der Waals surface area contributed by atoms with Gasteiger partial charge in [0.1, 0.15) is 0 Å². The normalized spacial score (nSPS) is 19.2. The van der Waals surface area contributed by atoms with E-state index in [4.69, 9.17) is 10.5 Å². The SMILES string of the molecule is COc1c(N)cc(S(=O)(=O)NCC2CCSC2)cc1F. The van der Waals surface area contributed by atoms with E-state index < -0.39 is 15.8 Å². The van der Waals surface area contributed by atoms with Crippen molar-refractivity contribution in [1.82, 2.24) is 4.72 Å². The van der Waals surface area contributed by atoms with E-state index in [0.717, 1.165) is 24.0 Å². The maximum Gasteiger partial charge on any atom is 0.240 e. The van der Waals surface area contributed by atoms with Crippen molar-refractivity contribution in [3.05, 3.63) is 17.9 Å². The highest BCUT2D eigenvalue weighted by atomic mass is 32.2. The van der Waals surface area contributed by atoms with Crippen LogP contribution in [0.25, 0.3) is 0 Å². The third-order valence-corrected chi connectivity index (χ3v) is 5.78. The summed E-state index contributed by atoms with van der Waals surface area (Å²) < 4.78 is 45.2. The molecule has 8 heteroatoms. The van der Waals surface area contributed by atoms with Crippen LogP contribution in [0.15, 0.2) is 17.0 Å². The Bertz CT molecular complexity index is 563. The molecule has 0 aliphatic carbocycles. The van der Waals surface area contributed by atoms with E-state index in [9.17, 15) is 12.8 Å². The molecule has 1 saturated heterocycles. The van der Waals surface area contributed by atoms with Gasteiger partial charge in [-0.05, 0) is 36.0 Å². The largest absolute Gasteiger partial charge is 0.492 e. The molecule has 112 valence electrons. The number of anilines is 1. The van der Waals surface area contributed by atoms with Gasteiger partial charge in [0.15, 0.2) is 11.6 Å². The molecule has 2 rings (SSSR count). The van der Waals surface area contributed by atoms with Gasteiger partial charge < -0.3 is 10.5 Å². The minimum atomic E-state index is -3.75. The van der Waals surface area contributed by atoms with Gasteiger partial charge in [0.2, 0.25) is 10.0 Å². The van der Waals surface area contributed by atoms with Crippen LogP contribution in [-0.2, 0) is 10.0 Å². The summed E-state index contributed by atoms with van der Waals surface area (Å²) >= 11 is 1.81. The average Bonchev–Trinajstić information content (AvgIpc) is 2.89. The molecule has 1 fully saturated rings. The number of hydrogen-bond donors (Lipinski definition) is 2. The topological polar surface area (TPSA) is 81.4 Å². The van der Waals surface area contributed by atoms with Gasteiger partial charge in [-0.2, -0.15) is 11.8 Å². The summed E-state index contributed by atoms with van der Waals surface area (Å²) in [5.41, 5.74) is 5.55. The van der Waals surface area contributed by atoms with Gasteiger partial charge in [0, 0.05) is 6.54 Å². The van der Waals surface area contributed by atoms with Crippen LogP contribution >= 0.6 is 11.8 Å². The molecule has 0 saturated carbocycles. The minimum Gasteiger partial charge on any atom is -0.492 e. The first-order valence-corrected chi connectivity index (χ1v) is 8.78. The predicted octanol–water partition coefficient (Wildman–Crippen LogP) is 1.45. The standard InChI is InChI=1S/C12H17FN2O3S2/c1-18-12-10(13)4-9(5-11(12)14)20(16,17)15-6-8-2-3-19-7-8/h4-5,8,15H,2-3,6-7,14H2,1H3. The summed E-state index contributed by atoms with van der Waals surface area (Å²) in [6.45, 7) is 0.364. The summed E-state index contributed by atoms with van der Waals surface area (Å²) in [6.07, 6.45) is 0.992. The maximum absolute atomic E-state index is 13.7. The molecular weight excluding hydrogens is 303 g/mol. The minimum absolute atomic E-state index is 0.0377. The molecular formula is C12H17FN2O3S2. The molecule has 0 bridgehead atoms. The van der Waals surface area contributed by atoms with Crippen LogP contribution in [0.5, 0.6) is 5.75 Å². The van der Waals surface area contributed by atoms with Gasteiger partial charge in [0.25, 0.3) is 0 Å². The number of nitrogens with two attached hydrogens (primary N) is 1. The molecule has 1 aromatic carbocycles. The zero-order valence-electron chi connectivity index (χ0n) is 11.1. The molecule has 0 spiro atoms. The molecule has 1 heterocycles. The lowest BCUT2D eigenvalue weighted by Gasteiger charge is -2.12. The third-order valence-electron chi connectivity index (χ3n) is 3.15. The van der Waals surface area contributed by atoms with Crippen LogP contribution in [0, 0.1) is 11.7 Å². The van der Waals surface area contributed by atoms with E-state index in [0.29, 0.717) is 12.5 Å². The first kappa shape index (κ1) is 15.4. The van der Waals surface area contributed by atoms with E-state index >= 15 is 0 Å². The number of hydrogen-bond acceptors (Lipinski definition) is 5. The molecule has 0 amide bonds. The Hall–Kier alpha value is -0.990. The van der Waals surface area contributed by atoms with E-state index in [1.54, 1.807) is 0 Å².